The quantitative estimate of drug-likeness (QED) is 0.110. The van der Waals surface area contributed by atoms with Crippen molar-refractivity contribution in [2.24, 2.45) is 0 Å². The Morgan fingerprint density at radius 2 is 0.500 bits per heavy atom. The van der Waals surface area contributed by atoms with Gasteiger partial charge in [-0.2, -0.15) is 0 Å². The number of methoxy groups -OCH3 is 4. The van der Waals surface area contributed by atoms with Crippen LogP contribution in [0.25, 0.3) is 83.5 Å². The number of benzene rings is 4. The van der Waals surface area contributed by atoms with Crippen LogP contribution in [0.4, 0.5) is 0 Å². The molecule has 0 unspecified atom stereocenters. The number of ether oxygens (including phenoxy) is 4. The van der Waals surface area contributed by atoms with Crippen LogP contribution in [-0.2, 0) is 18.9 Å². The molecule has 0 bridgehead atoms. The van der Waals surface area contributed by atoms with E-state index in [1.165, 1.54) is 28.4 Å². The van der Waals surface area contributed by atoms with Gasteiger partial charge in [0.2, 0.25) is 0 Å². The molecule has 60 heavy (non-hydrogen) atoms. The number of thiophene rings is 4. The molecule has 1 aliphatic rings. The minimum absolute atomic E-state index is 0.393. The third-order valence-electron chi connectivity index (χ3n) is 10.3. The fraction of sp³-hybridized carbons (Fsp3) is 0.0833. The number of carbonyl (C=O) groups is 4. The van der Waals surface area contributed by atoms with Crippen LogP contribution in [0.15, 0.2) is 121 Å². The van der Waals surface area contributed by atoms with Gasteiger partial charge >= 0.3 is 23.9 Å². The van der Waals surface area contributed by atoms with E-state index >= 15 is 0 Å². The van der Waals surface area contributed by atoms with E-state index in [9.17, 15) is 19.2 Å². The molecule has 1 aliphatic carbocycles. The predicted octanol–water partition coefficient (Wildman–Crippen LogP) is 12.7. The van der Waals surface area contributed by atoms with Crippen LogP contribution >= 0.6 is 45.3 Å². The van der Waals surface area contributed by atoms with E-state index in [0.717, 1.165) is 83.5 Å². The number of carbonyl (C=O) groups excluding carboxylic acids is 4. The molecule has 0 radical (unpaired) electrons. The summed E-state index contributed by atoms with van der Waals surface area (Å²) in [6.45, 7) is 0. The molecule has 296 valence electrons. The van der Waals surface area contributed by atoms with E-state index in [4.69, 9.17) is 18.9 Å². The maximum atomic E-state index is 12.3. The van der Waals surface area contributed by atoms with Crippen molar-refractivity contribution in [3.8, 4) is 83.5 Å². The van der Waals surface area contributed by atoms with Gasteiger partial charge in [-0.25, -0.2) is 19.2 Å². The number of hydrogen-bond acceptors (Lipinski definition) is 12. The zero-order valence-electron chi connectivity index (χ0n) is 32.4. The second-order valence-corrected chi connectivity index (χ2v) is 17.9. The second-order valence-electron chi connectivity index (χ2n) is 13.7. The largest absolute Gasteiger partial charge is 0.465 e. The van der Waals surface area contributed by atoms with E-state index in [1.807, 2.05) is 48.5 Å². The van der Waals surface area contributed by atoms with Crippen LogP contribution in [0.1, 0.15) is 41.4 Å². The van der Waals surface area contributed by atoms with Gasteiger partial charge < -0.3 is 18.9 Å². The SMILES string of the molecule is COC(=O)c1ccc(-c2cc3c(s2)-c2sc(-c4ccc(C(=O)OC)cc4)cc2-c2cc(-c4ccc(C(=O)OC)cc4)sc2-c2sc(-c4ccc(C(=O)OC)cc4)cc2-3)cc1. The fourth-order valence-electron chi connectivity index (χ4n) is 7.16. The highest BCUT2D eigenvalue weighted by atomic mass is 32.1. The van der Waals surface area contributed by atoms with Crippen molar-refractivity contribution in [2.75, 3.05) is 28.4 Å². The van der Waals surface area contributed by atoms with E-state index in [1.54, 1.807) is 93.9 Å². The lowest BCUT2D eigenvalue weighted by Gasteiger charge is -2.12. The third-order valence-corrected chi connectivity index (χ3v) is 15.3. The lowest BCUT2D eigenvalue weighted by molar-refractivity contribution is 0.0592. The van der Waals surface area contributed by atoms with Gasteiger partial charge in [-0.15, -0.1) is 45.3 Å². The normalized spacial score (nSPS) is 11.3. The van der Waals surface area contributed by atoms with Crippen molar-refractivity contribution in [1.82, 2.24) is 0 Å². The van der Waals surface area contributed by atoms with Crippen molar-refractivity contribution in [2.45, 2.75) is 0 Å². The summed E-state index contributed by atoms with van der Waals surface area (Å²) in [7, 11) is 5.49. The highest BCUT2D eigenvalue weighted by Crippen LogP contribution is 2.60. The summed E-state index contributed by atoms with van der Waals surface area (Å²) in [5, 5.41) is 0. The minimum Gasteiger partial charge on any atom is -0.465 e. The van der Waals surface area contributed by atoms with Gasteiger partial charge in [-0.05, 0) is 95.1 Å². The van der Waals surface area contributed by atoms with Gasteiger partial charge in [0.15, 0.2) is 0 Å². The minimum atomic E-state index is -0.393. The van der Waals surface area contributed by atoms with Gasteiger partial charge in [0.05, 0.1) is 70.2 Å². The molecule has 9 rings (SSSR count). The summed E-state index contributed by atoms with van der Waals surface area (Å²) in [6.07, 6.45) is 0. The molecule has 4 aromatic heterocycles. The van der Waals surface area contributed by atoms with Crippen molar-refractivity contribution in [3.05, 3.63) is 144 Å². The van der Waals surface area contributed by atoms with Crippen LogP contribution < -0.4 is 0 Å². The molecular formula is C48H32O8S4. The number of fused-ring (bicyclic) bond motifs is 8. The first-order chi connectivity index (χ1) is 29.2. The Morgan fingerprint density at radius 1 is 0.317 bits per heavy atom. The van der Waals surface area contributed by atoms with E-state index < -0.39 is 23.9 Å². The van der Waals surface area contributed by atoms with Crippen molar-refractivity contribution >= 4 is 69.2 Å². The first kappa shape index (κ1) is 39.0. The second kappa shape index (κ2) is 16.0. The number of rotatable bonds is 8. The summed E-state index contributed by atoms with van der Waals surface area (Å²) < 4.78 is 19.8. The van der Waals surface area contributed by atoms with Crippen molar-refractivity contribution in [1.29, 1.82) is 0 Å². The molecule has 4 heterocycles. The zero-order valence-corrected chi connectivity index (χ0v) is 35.7. The Kier molecular flexibility index (Phi) is 10.4. The summed E-state index contributed by atoms with van der Waals surface area (Å²) in [4.78, 5) is 57.8. The lowest BCUT2D eigenvalue weighted by atomic mass is 9.94. The monoisotopic (exact) mass is 864 g/mol. The van der Waals surface area contributed by atoms with Gasteiger partial charge in [0, 0.05) is 41.8 Å². The van der Waals surface area contributed by atoms with E-state index in [2.05, 4.69) is 24.3 Å². The Morgan fingerprint density at radius 3 is 0.667 bits per heavy atom. The summed E-state index contributed by atoms with van der Waals surface area (Å²) in [5.74, 6) is -1.57. The van der Waals surface area contributed by atoms with Gasteiger partial charge in [0.1, 0.15) is 0 Å². The van der Waals surface area contributed by atoms with E-state index in [-0.39, 0.29) is 0 Å². The zero-order chi connectivity index (χ0) is 41.7. The highest BCUT2D eigenvalue weighted by Gasteiger charge is 2.31. The Labute approximate surface area is 360 Å². The third kappa shape index (κ3) is 6.97. The molecule has 0 atom stereocenters. The molecule has 0 aliphatic heterocycles. The number of esters is 4. The summed E-state index contributed by atoms with van der Waals surface area (Å²) in [5.41, 5.74) is 10.1. The highest BCUT2D eigenvalue weighted by molar-refractivity contribution is 7.28. The van der Waals surface area contributed by atoms with E-state index in [0.29, 0.717) is 22.3 Å². The maximum absolute atomic E-state index is 12.3. The molecule has 4 aromatic carbocycles. The molecule has 0 N–H and O–H groups in total. The first-order valence-electron chi connectivity index (χ1n) is 18.5. The molecule has 8 nitrogen and oxygen atoms in total. The van der Waals surface area contributed by atoms with Crippen LogP contribution in [0.2, 0.25) is 0 Å². The smallest absolute Gasteiger partial charge is 0.337 e. The van der Waals surface area contributed by atoms with Crippen molar-refractivity contribution in [3.63, 3.8) is 0 Å². The molecule has 0 saturated heterocycles. The Bertz CT molecular complexity index is 2450. The van der Waals surface area contributed by atoms with Gasteiger partial charge in [-0.1, -0.05) is 48.5 Å². The lowest BCUT2D eigenvalue weighted by Crippen LogP contribution is -2.00. The molecule has 0 spiro atoms. The summed E-state index contributed by atoms with van der Waals surface area (Å²) in [6, 6.07) is 38.8. The van der Waals surface area contributed by atoms with Gasteiger partial charge in [-0.3, -0.25) is 0 Å². The molecular weight excluding hydrogens is 833 g/mol. The Hall–Kier alpha value is -6.44. The van der Waals surface area contributed by atoms with Gasteiger partial charge in [0.25, 0.3) is 0 Å². The average Bonchev–Trinajstić information content (AvgIpc) is 4.12. The average molecular weight is 865 g/mol. The predicted molar refractivity (Wildman–Crippen MR) is 240 cm³/mol. The molecule has 12 heteroatoms. The summed E-state index contributed by atoms with van der Waals surface area (Å²) >= 11 is 6.79. The van der Waals surface area contributed by atoms with Crippen LogP contribution in [0.5, 0.6) is 0 Å². The van der Waals surface area contributed by atoms with Crippen LogP contribution in [0.3, 0.4) is 0 Å². The molecule has 0 fully saturated rings. The van der Waals surface area contributed by atoms with Crippen molar-refractivity contribution < 1.29 is 38.1 Å². The maximum Gasteiger partial charge on any atom is 0.337 e. The molecule has 0 saturated carbocycles. The molecule has 8 aromatic rings. The first-order valence-corrected chi connectivity index (χ1v) is 21.8. The standard InChI is InChI=1S/C48H32O8S4/c1-53-45(49)29-13-5-25(6-14-29)37-21-33-34-22-38(26-7-15-30(16-8-26)46(50)54-2)59-43(34)44-36(24-40(60-44)28-11-19-32(20-12-28)48(52)56-4)35-23-39(58-42(35)41(33)57-37)27-9-17-31(18-10-27)47(51)55-3/h5-24H,1-4H3. The fourth-order valence-corrected chi connectivity index (χ4v) is 12.2. The van der Waals surface area contributed by atoms with Crippen LogP contribution in [0, 0.1) is 0 Å². The van der Waals surface area contributed by atoms with Crippen LogP contribution in [-0.4, -0.2) is 52.3 Å². The Balaban J connectivity index is 1.27. The molecule has 0 amide bonds. The number of hydrogen-bond donors (Lipinski definition) is 0. The topological polar surface area (TPSA) is 105 Å².